The molecular weight excluding hydrogens is 484 g/mol. The predicted molar refractivity (Wildman–Crippen MR) is 120 cm³/mol. The van der Waals surface area contributed by atoms with Crippen molar-refractivity contribution in [3.05, 3.63) is 82.8 Å². The summed E-state index contributed by atoms with van der Waals surface area (Å²) in [7, 11) is -3.76. The van der Waals surface area contributed by atoms with Crippen LogP contribution in [0.15, 0.2) is 92.4 Å². The maximum Gasteiger partial charge on any atom is 0.295 e. The molecule has 0 unspecified atom stereocenters. The number of nitrogens with one attached hydrogen (secondary N) is 2. The normalized spacial score (nSPS) is 11.8. The highest BCUT2D eigenvalue weighted by Gasteiger charge is 2.15. The van der Waals surface area contributed by atoms with Crippen molar-refractivity contribution in [2.45, 2.75) is 4.90 Å². The molecule has 156 valence electrons. The molecule has 0 aliphatic carbocycles. The Hall–Kier alpha value is -3.50. The quantitative estimate of drug-likeness (QED) is 0.320. The third kappa shape index (κ3) is 4.49. The summed E-state index contributed by atoms with van der Waals surface area (Å²) in [6.45, 7) is 0. The highest BCUT2D eigenvalue weighted by atomic mass is 79.9. The number of hydrogen-bond donors (Lipinski definition) is 3. The van der Waals surface area contributed by atoms with Gasteiger partial charge in [0, 0.05) is 21.1 Å². The molecule has 1 heterocycles. The summed E-state index contributed by atoms with van der Waals surface area (Å²) >= 11 is 3.26. The average Bonchev–Trinajstić information content (AvgIpc) is 3.07. The van der Waals surface area contributed by atoms with Crippen LogP contribution in [0.2, 0.25) is 0 Å². The van der Waals surface area contributed by atoms with Crippen molar-refractivity contribution < 1.29 is 18.3 Å². The van der Waals surface area contributed by atoms with Crippen LogP contribution in [-0.4, -0.2) is 24.4 Å². The molecule has 0 aliphatic rings. The number of rotatable bonds is 5. The topological polar surface area (TPSA) is 124 Å². The number of carbonyl (C=O) groups is 1. The number of amides is 1. The highest BCUT2D eigenvalue weighted by Crippen LogP contribution is 2.35. The first-order valence-electron chi connectivity index (χ1n) is 8.98. The third-order valence-corrected chi connectivity index (χ3v) is 6.33. The van der Waals surface area contributed by atoms with E-state index in [-0.39, 0.29) is 22.0 Å². The summed E-state index contributed by atoms with van der Waals surface area (Å²) in [5.74, 6) is -0.817. The van der Waals surface area contributed by atoms with E-state index in [1.807, 2.05) is 0 Å². The second-order valence-corrected chi connectivity index (χ2v) is 9.11. The zero-order chi connectivity index (χ0) is 22.0. The maximum atomic E-state index is 12.5. The van der Waals surface area contributed by atoms with Gasteiger partial charge in [0.2, 0.25) is 5.88 Å². The second kappa shape index (κ2) is 8.32. The van der Waals surface area contributed by atoms with Gasteiger partial charge >= 0.3 is 0 Å². The first kappa shape index (κ1) is 20.8. The lowest BCUT2D eigenvalue weighted by Gasteiger charge is -2.08. The zero-order valence-electron chi connectivity index (χ0n) is 15.8. The lowest BCUT2D eigenvalue weighted by molar-refractivity contribution is 0.0995. The third-order valence-electron chi connectivity index (χ3n) is 4.41. The SMILES string of the molecule is O=C(N=Nc1c(O)[nH]c2ccccc12)c1ccc(NS(=O)(=O)c2ccc(Br)cc2)cc1. The molecule has 4 rings (SSSR count). The van der Waals surface area contributed by atoms with Crippen LogP contribution >= 0.6 is 15.9 Å². The lowest BCUT2D eigenvalue weighted by Crippen LogP contribution is -2.12. The number of carbonyl (C=O) groups excluding carboxylic acids is 1. The summed E-state index contributed by atoms with van der Waals surface area (Å²) < 4.78 is 28.1. The zero-order valence-corrected chi connectivity index (χ0v) is 18.2. The molecule has 3 N–H and O–H groups in total. The predicted octanol–water partition coefficient (Wildman–Crippen LogP) is 5.36. The van der Waals surface area contributed by atoms with Crippen LogP contribution in [0.4, 0.5) is 11.4 Å². The van der Waals surface area contributed by atoms with Crippen molar-refractivity contribution >= 4 is 54.1 Å². The molecule has 0 spiro atoms. The molecule has 31 heavy (non-hydrogen) atoms. The summed E-state index contributed by atoms with van der Waals surface area (Å²) in [5.41, 5.74) is 1.35. The Morgan fingerprint density at radius 2 is 1.65 bits per heavy atom. The highest BCUT2D eigenvalue weighted by molar-refractivity contribution is 9.10. The van der Waals surface area contributed by atoms with Gasteiger partial charge in [-0.15, -0.1) is 10.2 Å². The Morgan fingerprint density at radius 1 is 0.968 bits per heavy atom. The molecule has 3 aromatic carbocycles. The van der Waals surface area contributed by atoms with E-state index >= 15 is 0 Å². The van der Waals surface area contributed by atoms with Gasteiger partial charge in [0.25, 0.3) is 15.9 Å². The van der Waals surface area contributed by atoms with Gasteiger partial charge in [-0.2, -0.15) is 0 Å². The Morgan fingerprint density at radius 3 is 2.35 bits per heavy atom. The number of fused-ring (bicyclic) bond motifs is 1. The van der Waals surface area contributed by atoms with Crippen molar-refractivity contribution in [3.8, 4) is 5.88 Å². The lowest BCUT2D eigenvalue weighted by atomic mass is 10.2. The van der Waals surface area contributed by atoms with Crippen LogP contribution in [0.1, 0.15) is 10.4 Å². The van der Waals surface area contributed by atoms with Crippen LogP contribution in [0.5, 0.6) is 5.88 Å². The number of benzene rings is 3. The molecule has 8 nitrogen and oxygen atoms in total. The molecule has 0 aliphatic heterocycles. The largest absolute Gasteiger partial charge is 0.493 e. The van der Waals surface area contributed by atoms with Crippen molar-refractivity contribution in [1.82, 2.24) is 4.98 Å². The van der Waals surface area contributed by atoms with Gasteiger partial charge in [-0.3, -0.25) is 9.52 Å². The molecule has 0 atom stereocenters. The number of aromatic nitrogens is 1. The van der Waals surface area contributed by atoms with Gasteiger partial charge in [-0.05, 0) is 54.6 Å². The molecule has 0 fully saturated rings. The average molecular weight is 499 g/mol. The van der Waals surface area contributed by atoms with E-state index in [9.17, 15) is 18.3 Å². The summed E-state index contributed by atoms with van der Waals surface area (Å²) in [6.07, 6.45) is 0. The number of sulfonamides is 1. The van der Waals surface area contributed by atoms with E-state index in [1.165, 1.54) is 36.4 Å². The Bertz CT molecular complexity index is 1400. The summed E-state index contributed by atoms with van der Waals surface area (Å²) in [4.78, 5) is 15.2. The minimum Gasteiger partial charge on any atom is -0.493 e. The Balaban J connectivity index is 1.50. The molecule has 1 amide bonds. The number of nitrogens with zero attached hydrogens (tertiary/aromatic N) is 2. The first-order valence-corrected chi connectivity index (χ1v) is 11.3. The molecule has 0 radical (unpaired) electrons. The van der Waals surface area contributed by atoms with Gasteiger partial charge in [-0.1, -0.05) is 34.1 Å². The van der Waals surface area contributed by atoms with Crippen molar-refractivity contribution in [2.75, 3.05) is 4.72 Å². The van der Waals surface area contributed by atoms with Crippen molar-refractivity contribution in [3.63, 3.8) is 0 Å². The van der Waals surface area contributed by atoms with Gasteiger partial charge in [0.1, 0.15) is 0 Å². The minimum absolute atomic E-state index is 0.114. The van der Waals surface area contributed by atoms with E-state index < -0.39 is 15.9 Å². The van der Waals surface area contributed by atoms with Crippen LogP contribution in [0.3, 0.4) is 0 Å². The monoisotopic (exact) mass is 498 g/mol. The van der Waals surface area contributed by atoms with E-state index in [1.54, 1.807) is 36.4 Å². The number of aromatic amines is 1. The smallest absolute Gasteiger partial charge is 0.295 e. The number of halogens is 1. The van der Waals surface area contributed by atoms with E-state index in [4.69, 9.17) is 0 Å². The minimum atomic E-state index is -3.76. The van der Waals surface area contributed by atoms with E-state index in [0.29, 0.717) is 16.6 Å². The molecule has 10 heteroatoms. The number of H-pyrrole nitrogens is 1. The van der Waals surface area contributed by atoms with E-state index in [0.717, 1.165) is 4.47 Å². The number of azo groups is 1. The number of aromatic hydroxyl groups is 1. The maximum absolute atomic E-state index is 12.5. The molecule has 1 aromatic heterocycles. The number of para-hydroxylation sites is 1. The van der Waals surface area contributed by atoms with Gasteiger partial charge < -0.3 is 10.1 Å². The van der Waals surface area contributed by atoms with Gasteiger partial charge in [0.15, 0.2) is 5.69 Å². The van der Waals surface area contributed by atoms with Crippen LogP contribution in [0.25, 0.3) is 10.9 Å². The van der Waals surface area contributed by atoms with Crippen LogP contribution in [0, 0.1) is 0 Å². The Kier molecular flexibility index (Phi) is 5.57. The molecule has 0 saturated carbocycles. The van der Waals surface area contributed by atoms with Gasteiger partial charge in [0.05, 0.1) is 10.4 Å². The first-order chi connectivity index (χ1) is 14.8. The molecular formula is C21H15BrN4O4S. The van der Waals surface area contributed by atoms with Crippen LogP contribution in [-0.2, 0) is 10.0 Å². The number of hydrogen-bond acceptors (Lipinski definition) is 5. The molecule has 0 bridgehead atoms. The molecule has 0 saturated heterocycles. The van der Waals surface area contributed by atoms with Crippen molar-refractivity contribution in [2.24, 2.45) is 10.2 Å². The fourth-order valence-electron chi connectivity index (χ4n) is 2.88. The Labute approximate surface area is 185 Å². The number of anilines is 1. The van der Waals surface area contributed by atoms with Gasteiger partial charge in [-0.25, -0.2) is 8.42 Å². The molecule has 4 aromatic rings. The van der Waals surface area contributed by atoms with E-state index in [2.05, 4.69) is 35.9 Å². The van der Waals surface area contributed by atoms with Crippen molar-refractivity contribution in [1.29, 1.82) is 0 Å². The fraction of sp³-hybridized carbons (Fsp3) is 0. The van der Waals surface area contributed by atoms with Crippen LogP contribution < -0.4 is 4.72 Å². The summed E-state index contributed by atoms with van der Waals surface area (Å²) in [6, 6.07) is 19.1. The summed E-state index contributed by atoms with van der Waals surface area (Å²) in [5, 5.41) is 18.2. The standard InChI is InChI=1S/C21H15BrN4O4S/c22-14-7-11-16(12-8-14)31(29,30)26-15-9-5-13(6-10-15)20(27)25-24-19-17-3-1-2-4-18(17)23-21(19)28/h1-12,23,26,28H. The fourth-order valence-corrected chi connectivity index (χ4v) is 4.20. The second-order valence-electron chi connectivity index (χ2n) is 6.51.